The number of hydrogen-bond donors (Lipinski definition) is 2. The number of aliphatic imine (C=N–C) groups is 1. The maximum Gasteiger partial charge on any atom is 0.188 e. The Hall–Kier alpha value is -0.810. The van der Waals surface area contributed by atoms with Crippen molar-refractivity contribution in [2.45, 2.75) is 63.1 Å². The van der Waals surface area contributed by atoms with Gasteiger partial charge < -0.3 is 20.7 Å². The van der Waals surface area contributed by atoms with Gasteiger partial charge in [-0.05, 0) is 51.6 Å². The van der Waals surface area contributed by atoms with Crippen LogP contribution < -0.4 is 11.1 Å². The number of ether oxygens (including phenoxy) is 1. The Labute approximate surface area is 121 Å². The van der Waals surface area contributed by atoms with Crippen molar-refractivity contribution in [2.24, 2.45) is 10.7 Å². The average molecular weight is 280 g/mol. The molecule has 3 N–H and O–H groups in total. The zero-order valence-electron chi connectivity index (χ0n) is 12.4. The molecule has 1 atom stereocenters. The number of nitrogens with zero attached hydrogens (tertiary/aromatic N) is 2. The van der Waals surface area contributed by atoms with Crippen LogP contribution in [0.1, 0.15) is 44.9 Å². The summed E-state index contributed by atoms with van der Waals surface area (Å²) in [6, 6.07) is 1.30. The van der Waals surface area contributed by atoms with Crippen LogP contribution in [-0.4, -0.2) is 55.3 Å². The van der Waals surface area contributed by atoms with E-state index in [9.17, 15) is 0 Å². The summed E-state index contributed by atoms with van der Waals surface area (Å²) in [6.07, 6.45) is 9.17. The number of nitrogens with two attached hydrogens (primary N) is 1. The molecule has 0 amide bonds. The van der Waals surface area contributed by atoms with Crippen LogP contribution in [0, 0.1) is 0 Å². The molecule has 0 aromatic carbocycles. The highest BCUT2D eigenvalue weighted by atomic mass is 16.5. The Bertz CT molecular complexity index is 329. The molecular formula is C15H28N4O. The third-order valence-electron chi connectivity index (χ3n) is 4.86. The summed E-state index contributed by atoms with van der Waals surface area (Å²) in [4.78, 5) is 7.06. The van der Waals surface area contributed by atoms with Crippen LogP contribution in [-0.2, 0) is 4.74 Å². The van der Waals surface area contributed by atoms with Gasteiger partial charge in [-0.3, -0.25) is 4.99 Å². The smallest absolute Gasteiger partial charge is 0.188 e. The fourth-order valence-corrected chi connectivity index (χ4v) is 3.53. The fraction of sp³-hybridized carbons (Fsp3) is 0.933. The third-order valence-corrected chi connectivity index (χ3v) is 4.86. The molecule has 0 radical (unpaired) electrons. The lowest BCUT2D eigenvalue weighted by Crippen LogP contribution is -2.56. The minimum absolute atomic E-state index is 0.290. The molecule has 0 aromatic heterocycles. The van der Waals surface area contributed by atoms with Crippen LogP contribution in [0.3, 0.4) is 0 Å². The standard InChI is InChI=1S/C15H28N4O/c16-15(17-11-14-5-4-8-20-14)18-12-9-13(10-12)19-6-2-1-3-7-19/h12-14H,1-11H2,(H3,16,17,18). The molecule has 20 heavy (non-hydrogen) atoms. The first-order chi connectivity index (χ1) is 9.81. The summed E-state index contributed by atoms with van der Waals surface area (Å²) in [6.45, 7) is 4.18. The molecule has 1 aliphatic carbocycles. The molecule has 3 aliphatic rings. The first kappa shape index (κ1) is 14.1. The van der Waals surface area contributed by atoms with E-state index in [2.05, 4.69) is 15.2 Å². The van der Waals surface area contributed by atoms with E-state index in [4.69, 9.17) is 10.5 Å². The summed E-state index contributed by atoms with van der Waals surface area (Å²) < 4.78 is 5.55. The van der Waals surface area contributed by atoms with Crippen molar-refractivity contribution < 1.29 is 4.74 Å². The number of rotatable bonds is 4. The van der Waals surface area contributed by atoms with Crippen LogP contribution in [0.5, 0.6) is 0 Å². The molecule has 2 heterocycles. The molecule has 0 bridgehead atoms. The number of hydrogen-bond acceptors (Lipinski definition) is 3. The topological polar surface area (TPSA) is 62.9 Å². The maximum atomic E-state index is 5.96. The first-order valence-electron chi connectivity index (χ1n) is 8.23. The molecule has 2 aliphatic heterocycles. The van der Waals surface area contributed by atoms with Crippen LogP contribution in [0.2, 0.25) is 0 Å². The molecule has 0 aromatic rings. The van der Waals surface area contributed by atoms with Crippen molar-refractivity contribution in [2.75, 3.05) is 26.2 Å². The Morgan fingerprint density at radius 2 is 2.00 bits per heavy atom. The predicted octanol–water partition coefficient (Wildman–Crippen LogP) is 1.09. The van der Waals surface area contributed by atoms with Gasteiger partial charge in [0, 0.05) is 18.7 Å². The van der Waals surface area contributed by atoms with Crippen LogP contribution in [0.15, 0.2) is 4.99 Å². The summed E-state index contributed by atoms with van der Waals surface area (Å²) in [5.41, 5.74) is 5.96. The number of guanidine groups is 1. The number of nitrogens with one attached hydrogen (secondary N) is 1. The van der Waals surface area contributed by atoms with Gasteiger partial charge in [0.2, 0.25) is 0 Å². The van der Waals surface area contributed by atoms with Gasteiger partial charge in [-0.25, -0.2) is 0 Å². The van der Waals surface area contributed by atoms with E-state index in [0.29, 0.717) is 18.5 Å². The quantitative estimate of drug-likeness (QED) is 0.598. The van der Waals surface area contributed by atoms with E-state index in [1.807, 2.05) is 0 Å². The van der Waals surface area contributed by atoms with Crippen molar-refractivity contribution in [3.8, 4) is 0 Å². The molecule has 5 nitrogen and oxygen atoms in total. The number of piperidine rings is 1. The number of likely N-dealkylation sites (tertiary alicyclic amines) is 1. The van der Waals surface area contributed by atoms with Crippen LogP contribution >= 0.6 is 0 Å². The Morgan fingerprint density at radius 3 is 2.70 bits per heavy atom. The zero-order valence-corrected chi connectivity index (χ0v) is 12.4. The lowest BCUT2D eigenvalue weighted by Gasteiger charge is -2.44. The molecule has 2 saturated heterocycles. The largest absolute Gasteiger partial charge is 0.376 e. The minimum Gasteiger partial charge on any atom is -0.376 e. The predicted molar refractivity (Wildman–Crippen MR) is 80.8 cm³/mol. The van der Waals surface area contributed by atoms with E-state index in [1.165, 1.54) is 45.2 Å². The maximum absolute atomic E-state index is 5.96. The third kappa shape index (κ3) is 3.64. The van der Waals surface area contributed by atoms with Gasteiger partial charge in [-0.15, -0.1) is 0 Å². The SMILES string of the molecule is NC(=NCC1CCCO1)NC1CC(N2CCCCC2)C1. The van der Waals surface area contributed by atoms with E-state index in [1.54, 1.807) is 0 Å². The molecule has 1 saturated carbocycles. The van der Waals surface area contributed by atoms with E-state index in [0.717, 1.165) is 25.5 Å². The van der Waals surface area contributed by atoms with Crippen LogP contribution in [0.4, 0.5) is 0 Å². The monoisotopic (exact) mass is 280 g/mol. The van der Waals surface area contributed by atoms with E-state index in [-0.39, 0.29) is 6.10 Å². The highest BCUT2D eigenvalue weighted by Gasteiger charge is 2.34. The highest BCUT2D eigenvalue weighted by molar-refractivity contribution is 5.78. The van der Waals surface area contributed by atoms with E-state index < -0.39 is 0 Å². The second-order valence-corrected chi connectivity index (χ2v) is 6.42. The van der Waals surface area contributed by atoms with E-state index >= 15 is 0 Å². The van der Waals surface area contributed by atoms with Crippen molar-refractivity contribution in [3.63, 3.8) is 0 Å². The second-order valence-electron chi connectivity index (χ2n) is 6.42. The molecule has 0 spiro atoms. The molecule has 1 unspecified atom stereocenters. The Morgan fingerprint density at radius 1 is 1.20 bits per heavy atom. The van der Waals surface area contributed by atoms with Crippen molar-refractivity contribution in [1.82, 2.24) is 10.2 Å². The highest BCUT2D eigenvalue weighted by Crippen LogP contribution is 2.28. The lowest BCUT2D eigenvalue weighted by atomic mass is 9.84. The molecule has 5 heteroatoms. The van der Waals surface area contributed by atoms with Crippen LogP contribution in [0.25, 0.3) is 0 Å². The molecule has 114 valence electrons. The Kier molecular flexibility index (Phi) is 4.78. The van der Waals surface area contributed by atoms with Gasteiger partial charge >= 0.3 is 0 Å². The second kappa shape index (κ2) is 6.76. The minimum atomic E-state index is 0.290. The Balaban J connectivity index is 1.34. The summed E-state index contributed by atoms with van der Waals surface area (Å²) in [7, 11) is 0. The summed E-state index contributed by atoms with van der Waals surface area (Å²) >= 11 is 0. The van der Waals surface area contributed by atoms with Crippen molar-refractivity contribution in [3.05, 3.63) is 0 Å². The van der Waals surface area contributed by atoms with Gasteiger partial charge in [-0.2, -0.15) is 0 Å². The summed E-state index contributed by atoms with van der Waals surface area (Å²) in [5.74, 6) is 0.600. The normalized spacial score (nSPS) is 35.8. The van der Waals surface area contributed by atoms with Gasteiger partial charge in [0.1, 0.15) is 0 Å². The first-order valence-corrected chi connectivity index (χ1v) is 8.23. The molecule has 3 fully saturated rings. The van der Waals surface area contributed by atoms with Crippen molar-refractivity contribution >= 4 is 5.96 Å². The van der Waals surface area contributed by atoms with Gasteiger partial charge in [0.25, 0.3) is 0 Å². The zero-order chi connectivity index (χ0) is 13.8. The molecule has 3 rings (SSSR count). The van der Waals surface area contributed by atoms with Gasteiger partial charge in [0.05, 0.1) is 12.6 Å². The lowest BCUT2D eigenvalue weighted by molar-refractivity contribution is 0.0845. The van der Waals surface area contributed by atoms with Gasteiger partial charge in [-0.1, -0.05) is 6.42 Å². The molecular weight excluding hydrogens is 252 g/mol. The fourth-order valence-electron chi connectivity index (χ4n) is 3.53. The van der Waals surface area contributed by atoms with Crippen molar-refractivity contribution in [1.29, 1.82) is 0 Å². The van der Waals surface area contributed by atoms with Gasteiger partial charge in [0.15, 0.2) is 5.96 Å². The summed E-state index contributed by atoms with van der Waals surface area (Å²) in [5, 5.41) is 3.35. The average Bonchev–Trinajstić information content (AvgIpc) is 2.94.